The van der Waals surface area contributed by atoms with Crippen LogP contribution in [0.25, 0.3) is 0 Å². The monoisotopic (exact) mass is 316 g/mol. The van der Waals surface area contributed by atoms with Crippen molar-refractivity contribution in [1.82, 2.24) is 0 Å². The Bertz CT molecular complexity index is 3.90. The molecule has 0 nitrogen and oxygen atoms in total. The maximum atomic E-state index is 0. The van der Waals surface area contributed by atoms with Crippen molar-refractivity contribution in [1.29, 1.82) is 0 Å². The Morgan fingerprint density at radius 1 is 0.333 bits per heavy atom. The zero-order chi connectivity index (χ0) is 0. The molecule has 6 heteroatoms. The standard InChI is InChI=1S/AtH6.5FH/h1H6;5*1H/q+5;;;;;. The third-order valence-corrected chi connectivity index (χ3v) is 0. The van der Waals surface area contributed by atoms with Gasteiger partial charge in [0, 0.05) is 0 Å². The van der Waals surface area contributed by atoms with Gasteiger partial charge in [0.1, 0.15) is 0 Å². The van der Waals surface area contributed by atoms with Gasteiger partial charge in [-0.2, -0.15) is 0 Å². The average Bonchev–Trinajstić information content (AvgIpc) is 0. The molecule has 0 spiro atoms. The summed E-state index contributed by atoms with van der Waals surface area (Å²) in [6.07, 6.45) is 0. The van der Waals surface area contributed by atoms with Gasteiger partial charge in [0.2, 0.25) is 0 Å². The molecule has 0 unspecified atom stereocenters. The van der Waals surface area contributed by atoms with Crippen molar-refractivity contribution >= 4 is 0 Å². The second-order valence-electron chi connectivity index (χ2n) is 0. The number of hydrogen-bond acceptors (Lipinski definition) is 0. The van der Waals surface area contributed by atoms with Crippen molar-refractivity contribution in [2.24, 2.45) is 0 Å². The molecule has 0 fully saturated rings. The van der Waals surface area contributed by atoms with Gasteiger partial charge in [0.25, 0.3) is 0 Å². The molecule has 0 amide bonds. The van der Waals surface area contributed by atoms with Crippen LogP contribution in [0.15, 0.2) is 0 Å². The number of halogens is 5. The van der Waals surface area contributed by atoms with E-state index in [1.54, 1.807) is 0 Å². The van der Waals surface area contributed by atoms with Gasteiger partial charge in [-0.15, -0.1) is 0 Å². The Morgan fingerprint density at radius 2 is 0.333 bits per heavy atom. The molecule has 0 aliphatic heterocycles. The first-order valence-electron chi connectivity index (χ1n) is 0. The molecule has 0 N–H and O–H groups in total. The van der Waals surface area contributed by atoms with Crippen LogP contribution >= 0.6 is 0 Å². The van der Waals surface area contributed by atoms with E-state index in [1.165, 1.54) is 0 Å². The summed E-state index contributed by atoms with van der Waals surface area (Å²) in [5.41, 5.74) is 0. The van der Waals surface area contributed by atoms with Crippen LogP contribution in [0, 0.1) is 26.2 Å². The van der Waals surface area contributed by atoms with E-state index in [9.17, 15) is 0 Å². The Balaban J connectivity index is 0. The van der Waals surface area contributed by atoms with Gasteiger partial charge in [-0.25, -0.2) is 0 Å². The number of rotatable bonds is 0. The summed E-state index contributed by atoms with van der Waals surface area (Å²) in [7, 11) is 0. The third-order valence-electron chi connectivity index (χ3n) is 0. The molecule has 0 saturated carbocycles. The van der Waals surface area contributed by atoms with Crippen molar-refractivity contribution in [3.05, 3.63) is 0 Å². The van der Waals surface area contributed by atoms with Crippen LogP contribution < -0.4 is 0 Å². The van der Waals surface area contributed by atoms with E-state index in [0.717, 1.165) is 0 Å². The van der Waals surface area contributed by atoms with Crippen molar-refractivity contribution in [3.8, 4) is 0 Å². The number of hydrogen-bond donors (Lipinski definition) is 0. The first-order chi connectivity index (χ1) is 0. The summed E-state index contributed by atoms with van der Waals surface area (Å²) in [5.74, 6) is 0. The van der Waals surface area contributed by atoms with Crippen LogP contribution in [0.4, 0.5) is 23.5 Å². The molecule has 0 aliphatic rings. The Labute approximate surface area is 50.3 Å². The van der Waals surface area contributed by atoms with Crippen molar-refractivity contribution in [2.45, 2.75) is 0 Å². The van der Waals surface area contributed by atoms with Gasteiger partial charge in [-0.05, 0) is 0 Å². The third kappa shape index (κ3) is 199. The van der Waals surface area contributed by atoms with Crippen LogP contribution in [0.5, 0.6) is 0 Å². The van der Waals surface area contributed by atoms with E-state index in [-0.39, 0.29) is 49.7 Å². The van der Waals surface area contributed by atoms with Crippen molar-refractivity contribution in [2.75, 3.05) is 0 Å². The van der Waals surface area contributed by atoms with Crippen LogP contribution in [-0.4, -0.2) is 0 Å². The molecule has 0 saturated heterocycles. The van der Waals surface area contributed by atoms with Crippen LogP contribution in [0.1, 0.15) is 0 Å². The molecule has 0 atom stereocenters. The van der Waals surface area contributed by atoms with Crippen LogP contribution in [0.3, 0.4) is 0 Å². The fourth-order valence-corrected chi connectivity index (χ4v) is 0. The second-order valence-corrected chi connectivity index (χ2v) is 0. The van der Waals surface area contributed by atoms with Gasteiger partial charge in [0.15, 0.2) is 0 Å². The van der Waals surface area contributed by atoms with E-state index in [0.29, 0.717) is 0 Å². The second kappa shape index (κ2) is 400. The Kier molecular flexibility index (Phi) is 46900. The van der Waals surface area contributed by atoms with E-state index >= 15 is 0 Å². The fourth-order valence-electron chi connectivity index (χ4n) is 0. The summed E-state index contributed by atoms with van der Waals surface area (Å²) in [6, 6.07) is 0. The predicted molar refractivity (Wildman–Crippen MR) is 20.9 cm³/mol. The molecule has 6 heavy (non-hydrogen) atoms. The average molecular weight is 316 g/mol. The zero-order valence-electron chi connectivity index (χ0n) is 3.04. The molecule has 0 aromatic rings. The molecule has 0 aromatic carbocycles. The molecule has 48 valence electrons. The molecule has 0 aliphatic carbocycles. The summed E-state index contributed by atoms with van der Waals surface area (Å²) in [4.78, 5) is 0. The first-order valence-corrected chi connectivity index (χ1v) is 0. The summed E-state index contributed by atoms with van der Waals surface area (Å²) < 4.78 is 0. The van der Waals surface area contributed by atoms with Crippen LogP contribution in [0.2, 0.25) is 0 Å². The van der Waals surface area contributed by atoms with Gasteiger partial charge in [-0.1, -0.05) is 0 Å². The molecule has 0 aromatic heterocycles. The SMILES string of the molecule is F.F.F.F.F.[AtH6+5]. The maximum absolute atomic E-state index is 0. The molecule has 0 heterocycles. The normalized spacial score (nSPS) is 0. The molecule has 0 rings (SSSR count). The summed E-state index contributed by atoms with van der Waals surface area (Å²) in [5, 5.41) is 0. The molecule has 0 radical (unpaired) electrons. The summed E-state index contributed by atoms with van der Waals surface area (Å²) in [6.45, 7) is 0. The fraction of sp³-hybridized carbons (Fsp3) is 0. The van der Waals surface area contributed by atoms with Crippen molar-refractivity contribution < 1.29 is 49.7 Å². The minimum atomic E-state index is 0. The van der Waals surface area contributed by atoms with Gasteiger partial charge < -0.3 is 0 Å². The van der Waals surface area contributed by atoms with Gasteiger partial charge >= 0.3 is 26.2 Å². The van der Waals surface area contributed by atoms with Gasteiger partial charge in [-0.3, -0.25) is 23.5 Å². The quantitative estimate of drug-likeness (QED) is 0.511. The Morgan fingerprint density at radius 3 is 0.333 bits per heavy atom. The zero-order valence-corrected chi connectivity index (χ0v) is 10.8. The Hall–Kier alpha value is 0.533. The molecular weight excluding hydrogens is 305 g/mol. The van der Waals surface area contributed by atoms with Gasteiger partial charge in [0.05, 0.1) is 0 Å². The summed E-state index contributed by atoms with van der Waals surface area (Å²) >= 11 is 0. The van der Waals surface area contributed by atoms with Crippen molar-refractivity contribution in [3.63, 3.8) is 0 Å². The minimum absolute atomic E-state index is 0. The molecule has 0 bridgehead atoms. The predicted octanol–water partition coefficient (Wildman–Crippen LogP) is -0.844. The van der Waals surface area contributed by atoms with E-state index < -0.39 is 0 Å². The van der Waals surface area contributed by atoms with E-state index in [4.69, 9.17) is 0 Å². The van der Waals surface area contributed by atoms with Crippen LogP contribution in [-0.2, 0) is 0 Å². The topological polar surface area (TPSA) is 0 Å². The first kappa shape index (κ1) is 704. The molecular formula is H11AtF5+5. The van der Waals surface area contributed by atoms with E-state index in [2.05, 4.69) is 0 Å². The van der Waals surface area contributed by atoms with E-state index in [1.807, 2.05) is 0 Å².